The molecule has 17 nitrogen and oxygen atoms in total. The van der Waals surface area contributed by atoms with Gasteiger partial charge in [0.15, 0.2) is 12.2 Å². The monoisotopic (exact) mass is 1440 g/mol. The highest BCUT2D eigenvalue weighted by molar-refractivity contribution is 7.47. The quantitative estimate of drug-likeness (QED) is 0.0222. The van der Waals surface area contributed by atoms with E-state index in [1.165, 1.54) is 225 Å². The van der Waals surface area contributed by atoms with Gasteiger partial charge in [0.05, 0.1) is 26.4 Å². The predicted molar refractivity (Wildman–Crippen MR) is 400 cm³/mol. The number of ether oxygens (including phenoxy) is 4. The number of hydrogen-bond acceptors (Lipinski definition) is 15. The first kappa shape index (κ1) is 96.1. The maximum absolute atomic E-state index is 13.1. The number of carbonyl (C=O) groups excluding carboxylic acids is 4. The Hall–Kier alpha value is -1.94. The van der Waals surface area contributed by atoms with Crippen molar-refractivity contribution in [2.24, 2.45) is 11.8 Å². The Morgan fingerprint density at radius 3 is 0.694 bits per heavy atom. The van der Waals surface area contributed by atoms with Crippen LogP contribution in [0.4, 0.5) is 0 Å². The number of hydrogen-bond donors (Lipinski definition) is 3. The molecule has 582 valence electrons. The molecule has 3 N–H and O–H groups in total. The van der Waals surface area contributed by atoms with Crippen LogP contribution in [0, 0.1) is 11.8 Å². The first-order valence-electron chi connectivity index (χ1n) is 41.0. The summed E-state index contributed by atoms with van der Waals surface area (Å²) < 4.78 is 68.6. The van der Waals surface area contributed by atoms with E-state index < -0.39 is 97.5 Å². The Kier molecular flexibility index (Phi) is 69.3. The van der Waals surface area contributed by atoms with E-state index in [2.05, 4.69) is 41.5 Å². The highest BCUT2D eigenvalue weighted by atomic mass is 31.2. The Morgan fingerprint density at radius 2 is 0.469 bits per heavy atom. The van der Waals surface area contributed by atoms with E-state index in [4.69, 9.17) is 37.0 Å². The second kappa shape index (κ2) is 70.7. The van der Waals surface area contributed by atoms with Crippen LogP contribution in [0.1, 0.15) is 414 Å². The second-order valence-electron chi connectivity index (χ2n) is 29.4. The van der Waals surface area contributed by atoms with E-state index in [1.54, 1.807) is 0 Å². The highest BCUT2D eigenvalue weighted by Gasteiger charge is 2.30. The van der Waals surface area contributed by atoms with Crippen molar-refractivity contribution in [1.82, 2.24) is 0 Å². The molecule has 0 spiro atoms. The lowest BCUT2D eigenvalue weighted by Gasteiger charge is -2.21. The molecule has 0 saturated carbocycles. The molecule has 0 aliphatic carbocycles. The molecule has 0 amide bonds. The number of aliphatic hydroxyl groups is 1. The first-order chi connectivity index (χ1) is 47.4. The summed E-state index contributed by atoms with van der Waals surface area (Å²) in [6, 6.07) is 0. The molecular formula is C79H154O17P2. The molecule has 0 aromatic heterocycles. The highest BCUT2D eigenvalue weighted by Crippen LogP contribution is 2.45. The second-order valence-corrected chi connectivity index (χ2v) is 32.3. The van der Waals surface area contributed by atoms with Crippen LogP contribution in [0.2, 0.25) is 0 Å². The SMILES string of the molecule is CCCCCCCCCCCCCCCCCCCCCC(=O)O[C@H](COC(=O)CCCCCCCCCCCCCCCCCCCC)COP(=O)(O)OC[C@@H](O)COP(=O)(O)OC[C@@H](COC(=O)CCCCCCCCCC(C)C)OC(=O)CCCCCCCCCCC(C)C. The van der Waals surface area contributed by atoms with E-state index in [0.717, 1.165) is 102 Å². The van der Waals surface area contributed by atoms with Crippen LogP contribution in [-0.4, -0.2) is 96.7 Å². The molecule has 2 unspecified atom stereocenters. The van der Waals surface area contributed by atoms with Gasteiger partial charge in [-0.15, -0.1) is 0 Å². The van der Waals surface area contributed by atoms with Gasteiger partial charge in [-0.05, 0) is 37.5 Å². The standard InChI is InChI=1S/C79H154O17P2/c1-7-9-11-13-15-17-19-21-23-25-27-29-31-33-35-37-44-51-57-63-78(83)95-74(67-89-76(81)61-55-49-43-36-34-32-30-28-26-24-22-20-18-16-14-12-10-8-2)69-93-97(85,86)91-65-73(80)66-92-98(87,88)94-70-75(68-90-77(82)62-56-50-46-40-42-48-54-60-72(5)6)96-79(84)64-58-52-45-39-38-41-47-53-59-71(3)4/h71-75,80H,7-70H2,1-6H3,(H,85,86)(H,87,88)/t73-,74-,75-/m1/s1. The summed E-state index contributed by atoms with van der Waals surface area (Å²) in [6.07, 6.45) is 59.9. The number of phosphoric ester groups is 2. The molecule has 0 rings (SSSR count). The fourth-order valence-corrected chi connectivity index (χ4v) is 13.8. The van der Waals surface area contributed by atoms with E-state index >= 15 is 0 Å². The van der Waals surface area contributed by atoms with Crippen LogP contribution < -0.4 is 0 Å². The van der Waals surface area contributed by atoms with Crippen LogP contribution >= 0.6 is 15.6 Å². The van der Waals surface area contributed by atoms with Crippen LogP contribution in [-0.2, 0) is 65.4 Å². The fraction of sp³-hybridized carbons (Fsp3) is 0.949. The number of unbranched alkanes of at least 4 members (excludes halogenated alkanes) is 48. The van der Waals surface area contributed by atoms with Gasteiger partial charge < -0.3 is 33.8 Å². The zero-order chi connectivity index (χ0) is 72.1. The largest absolute Gasteiger partial charge is 0.472 e. The van der Waals surface area contributed by atoms with Crippen LogP contribution in [0.25, 0.3) is 0 Å². The minimum Gasteiger partial charge on any atom is -0.462 e. The smallest absolute Gasteiger partial charge is 0.462 e. The van der Waals surface area contributed by atoms with E-state index in [1.807, 2.05) is 0 Å². The van der Waals surface area contributed by atoms with Gasteiger partial charge in [-0.2, -0.15) is 0 Å². The van der Waals surface area contributed by atoms with E-state index in [9.17, 15) is 43.2 Å². The summed E-state index contributed by atoms with van der Waals surface area (Å²) in [5.74, 6) is -0.692. The zero-order valence-electron chi connectivity index (χ0n) is 64.1. The minimum absolute atomic E-state index is 0.104. The third-order valence-electron chi connectivity index (χ3n) is 18.5. The number of aliphatic hydroxyl groups excluding tert-OH is 1. The lowest BCUT2D eigenvalue weighted by molar-refractivity contribution is -0.161. The Bertz CT molecular complexity index is 1890. The number of phosphoric acid groups is 2. The molecule has 0 aliphatic rings. The molecule has 0 radical (unpaired) electrons. The average Bonchev–Trinajstić information content (AvgIpc) is 2.08. The van der Waals surface area contributed by atoms with Crippen molar-refractivity contribution < 1.29 is 80.2 Å². The average molecular weight is 1440 g/mol. The predicted octanol–water partition coefficient (Wildman–Crippen LogP) is 23.5. The normalized spacial score (nSPS) is 13.9. The van der Waals surface area contributed by atoms with Crippen molar-refractivity contribution in [1.29, 1.82) is 0 Å². The minimum atomic E-state index is -4.96. The Labute approximate surface area is 600 Å². The van der Waals surface area contributed by atoms with Gasteiger partial charge >= 0.3 is 39.5 Å². The molecule has 98 heavy (non-hydrogen) atoms. The van der Waals surface area contributed by atoms with Crippen molar-refractivity contribution in [3.8, 4) is 0 Å². The van der Waals surface area contributed by atoms with E-state index in [-0.39, 0.29) is 25.7 Å². The first-order valence-corrected chi connectivity index (χ1v) is 44.0. The van der Waals surface area contributed by atoms with E-state index in [0.29, 0.717) is 31.6 Å². The molecule has 0 aromatic rings. The lowest BCUT2D eigenvalue weighted by Crippen LogP contribution is -2.30. The fourth-order valence-electron chi connectivity index (χ4n) is 12.2. The molecule has 0 heterocycles. The summed E-state index contributed by atoms with van der Waals surface area (Å²) in [5.41, 5.74) is 0. The molecule has 0 bridgehead atoms. The number of carbonyl (C=O) groups is 4. The third-order valence-corrected chi connectivity index (χ3v) is 20.4. The Morgan fingerprint density at radius 1 is 0.276 bits per heavy atom. The number of rotatable bonds is 78. The van der Waals surface area contributed by atoms with Gasteiger partial charge in [-0.25, -0.2) is 9.13 Å². The summed E-state index contributed by atoms with van der Waals surface area (Å²) in [5, 5.41) is 10.6. The Balaban J connectivity index is 5.22. The molecular weight excluding hydrogens is 1280 g/mol. The molecule has 0 aromatic carbocycles. The van der Waals surface area contributed by atoms with Crippen molar-refractivity contribution >= 4 is 39.5 Å². The van der Waals surface area contributed by atoms with Crippen LogP contribution in [0.5, 0.6) is 0 Å². The maximum Gasteiger partial charge on any atom is 0.472 e. The topological polar surface area (TPSA) is 237 Å². The van der Waals surface area contributed by atoms with Crippen molar-refractivity contribution in [3.05, 3.63) is 0 Å². The third kappa shape index (κ3) is 72.4. The molecule has 0 fully saturated rings. The van der Waals surface area contributed by atoms with Crippen molar-refractivity contribution in [2.75, 3.05) is 39.6 Å². The van der Waals surface area contributed by atoms with Gasteiger partial charge in [-0.3, -0.25) is 37.3 Å². The summed E-state index contributed by atoms with van der Waals surface area (Å²) in [7, 11) is -9.91. The van der Waals surface area contributed by atoms with Gasteiger partial charge in [0.25, 0.3) is 0 Å². The summed E-state index contributed by atoms with van der Waals surface area (Å²) in [6.45, 7) is 9.52. The van der Waals surface area contributed by atoms with Gasteiger partial charge in [-0.1, -0.05) is 363 Å². The van der Waals surface area contributed by atoms with Gasteiger partial charge in [0.1, 0.15) is 19.3 Å². The summed E-state index contributed by atoms with van der Waals surface area (Å²) in [4.78, 5) is 72.9. The molecule has 0 saturated heterocycles. The lowest BCUT2D eigenvalue weighted by atomic mass is 10.0. The van der Waals surface area contributed by atoms with Gasteiger partial charge in [0, 0.05) is 25.7 Å². The van der Waals surface area contributed by atoms with Gasteiger partial charge in [0.2, 0.25) is 0 Å². The zero-order valence-corrected chi connectivity index (χ0v) is 65.9. The van der Waals surface area contributed by atoms with Crippen molar-refractivity contribution in [3.63, 3.8) is 0 Å². The van der Waals surface area contributed by atoms with Crippen molar-refractivity contribution in [2.45, 2.75) is 432 Å². The summed E-state index contributed by atoms with van der Waals surface area (Å²) >= 11 is 0. The molecule has 5 atom stereocenters. The maximum atomic E-state index is 13.1. The molecule has 19 heteroatoms. The number of esters is 4. The van der Waals surface area contributed by atoms with Crippen LogP contribution in [0.15, 0.2) is 0 Å². The molecule has 0 aliphatic heterocycles. The van der Waals surface area contributed by atoms with Crippen LogP contribution in [0.3, 0.4) is 0 Å².